The van der Waals surface area contributed by atoms with Gasteiger partial charge in [-0.25, -0.2) is 4.79 Å². The number of carbonyl (C=O) groups excluding carboxylic acids is 2. The highest BCUT2D eigenvalue weighted by Crippen LogP contribution is 2.18. The number of hydrazine groups is 1. The third kappa shape index (κ3) is 6.83. The van der Waals surface area contributed by atoms with E-state index in [1.807, 2.05) is 6.92 Å². The van der Waals surface area contributed by atoms with Crippen LogP contribution in [0.3, 0.4) is 0 Å². The molecule has 0 unspecified atom stereocenters. The number of hydrogen-bond donors (Lipinski definition) is 2. The molecule has 0 saturated carbocycles. The summed E-state index contributed by atoms with van der Waals surface area (Å²) in [6, 6.07) is 8.54. The van der Waals surface area contributed by atoms with Crippen LogP contribution < -0.4 is 20.3 Å². The Morgan fingerprint density at radius 2 is 1.84 bits per heavy atom. The van der Waals surface area contributed by atoms with Crippen LogP contribution in [-0.4, -0.2) is 31.2 Å². The topological polar surface area (TPSA) is 110 Å². The van der Waals surface area contributed by atoms with E-state index in [9.17, 15) is 9.59 Å². The van der Waals surface area contributed by atoms with Crippen molar-refractivity contribution in [3.8, 4) is 17.6 Å². The summed E-state index contributed by atoms with van der Waals surface area (Å²) in [5.41, 5.74) is 4.44. The Labute approximate surface area is 146 Å². The third-order valence-corrected chi connectivity index (χ3v) is 2.84. The van der Waals surface area contributed by atoms with Gasteiger partial charge >= 0.3 is 5.97 Å². The molecule has 134 valence electrons. The van der Waals surface area contributed by atoms with Crippen LogP contribution in [0, 0.1) is 11.3 Å². The summed E-state index contributed by atoms with van der Waals surface area (Å²) in [7, 11) is 0. The van der Waals surface area contributed by atoms with E-state index in [0.29, 0.717) is 18.1 Å². The molecule has 0 aliphatic rings. The van der Waals surface area contributed by atoms with Gasteiger partial charge in [0.25, 0.3) is 5.91 Å². The predicted octanol–water partition coefficient (Wildman–Crippen LogP) is 1.44. The number of hydrogen-bond acceptors (Lipinski definition) is 7. The van der Waals surface area contributed by atoms with Gasteiger partial charge in [0, 0.05) is 6.20 Å². The summed E-state index contributed by atoms with van der Waals surface area (Å²) in [5.74, 6) is -0.0376. The van der Waals surface area contributed by atoms with Crippen molar-refractivity contribution in [2.75, 3.05) is 13.2 Å². The average molecular weight is 347 g/mol. The first-order valence-electron chi connectivity index (χ1n) is 7.74. The minimum atomic E-state index is -0.799. The Morgan fingerprint density at radius 1 is 1.20 bits per heavy atom. The quantitative estimate of drug-likeness (QED) is 0.301. The fraction of sp³-hybridized carbons (Fsp3) is 0.353. The molecule has 0 saturated heterocycles. The van der Waals surface area contributed by atoms with E-state index in [4.69, 9.17) is 14.7 Å². The molecule has 0 aliphatic carbocycles. The van der Waals surface area contributed by atoms with Gasteiger partial charge in [-0.2, -0.15) is 5.26 Å². The molecule has 0 fully saturated rings. The average Bonchev–Trinajstić information content (AvgIpc) is 2.60. The van der Waals surface area contributed by atoms with Crippen molar-refractivity contribution >= 4 is 11.9 Å². The summed E-state index contributed by atoms with van der Waals surface area (Å²) in [6.45, 7) is 5.79. The van der Waals surface area contributed by atoms with Crippen LogP contribution in [0.15, 0.2) is 36.0 Å². The Kier molecular flexibility index (Phi) is 8.37. The largest absolute Gasteiger partial charge is 0.494 e. The fourth-order valence-corrected chi connectivity index (χ4v) is 1.67. The number of nitrogens with zero attached hydrogens (tertiary/aromatic N) is 1. The van der Waals surface area contributed by atoms with E-state index in [2.05, 4.69) is 15.6 Å². The highest BCUT2D eigenvalue weighted by Gasteiger charge is 2.15. The maximum atomic E-state index is 11.9. The Morgan fingerprint density at radius 3 is 2.40 bits per heavy atom. The maximum Gasteiger partial charge on any atom is 0.350 e. The van der Waals surface area contributed by atoms with E-state index in [0.717, 1.165) is 6.20 Å². The molecule has 1 amide bonds. The van der Waals surface area contributed by atoms with E-state index in [1.54, 1.807) is 44.2 Å². The van der Waals surface area contributed by atoms with Crippen molar-refractivity contribution in [1.82, 2.24) is 10.9 Å². The van der Waals surface area contributed by atoms with Gasteiger partial charge in [-0.3, -0.25) is 10.2 Å². The fourth-order valence-electron chi connectivity index (χ4n) is 1.67. The third-order valence-electron chi connectivity index (χ3n) is 2.84. The number of nitrogens with one attached hydrogen (secondary N) is 2. The van der Waals surface area contributed by atoms with Crippen molar-refractivity contribution in [1.29, 1.82) is 5.26 Å². The molecule has 1 rings (SSSR count). The van der Waals surface area contributed by atoms with Crippen molar-refractivity contribution in [2.24, 2.45) is 0 Å². The summed E-state index contributed by atoms with van der Waals surface area (Å²) < 4.78 is 15.5. The molecule has 1 atom stereocenters. The molecule has 8 heteroatoms. The van der Waals surface area contributed by atoms with Crippen LogP contribution in [0.4, 0.5) is 0 Å². The van der Waals surface area contributed by atoms with Crippen LogP contribution in [0.5, 0.6) is 11.5 Å². The lowest BCUT2D eigenvalue weighted by atomic mass is 10.3. The molecule has 0 aromatic heterocycles. The molecule has 0 bridgehead atoms. The monoisotopic (exact) mass is 347 g/mol. The predicted molar refractivity (Wildman–Crippen MR) is 89.3 cm³/mol. The van der Waals surface area contributed by atoms with Gasteiger partial charge in [-0.1, -0.05) is 0 Å². The van der Waals surface area contributed by atoms with Crippen LogP contribution in [0.1, 0.15) is 20.8 Å². The number of benzene rings is 1. The van der Waals surface area contributed by atoms with Gasteiger partial charge in [0.2, 0.25) is 0 Å². The number of carbonyl (C=O) groups is 2. The number of rotatable bonds is 9. The van der Waals surface area contributed by atoms with Gasteiger partial charge < -0.3 is 19.6 Å². The first kappa shape index (κ1) is 19.8. The Bertz CT molecular complexity index is 649. The molecular weight excluding hydrogens is 326 g/mol. The molecule has 0 spiro atoms. The van der Waals surface area contributed by atoms with E-state index < -0.39 is 18.0 Å². The second-order valence-corrected chi connectivity index (χ2v) is 4.69. The minimum Gasteiger partial charge on any atom is -0.494 e. The van der Waals surface area contributed by atoms with Crippen molar-refractivity contribution in [3.05, 3.63) is 36.0 Å². The summed E-state index contributed by atoms with van der Waals surface area (Å²) in [4.78, 5) is 23.3. The van der Waals surface area contributed by atoms with Crippen LogP contribution in [0.25, 0.3) is 0 Å². The maximum absolute atomic E-state index is 11.9. The van der Waals surface area contributed by atoms with E-state index in [-0.39, 0.29) is 12.2 Å². The molecular formula is C17H21N3O5. The molecule has 1 aromatic carbocycles. The van der Waals surface area contributed by atoms with E-state index >= 15 is 0 Å². The number of nitriles is 1. The second kappa shape index (κ2) is 10.5. The van der Waals surface area contributed by atoms with Gasteiger partial charge in [-0.05, 0) is 45.0 Å². The standard InChI is InChI=1S/C17H21N3O5/c1-4-23-14-6-8-15(9-7-14)25-12(3)16(21)20-19-11-13(10-18)17(22)24-5-2/h6-9,11-12,19H,4-5H2,1-3H3,(H,20,21)/b13-11+/t12-/m1/s1. The summed E-state index contributed by atoms with van der Waals surface area (Å²) in [5, 5.41) is 8.85. The lowest BCUT2D eigenvalue weighted by molar-refractivity contribution is -0.138. The number of ether oxygens (including phenoxy) is 3. The lowest BCUT2D eigenvalue weighted by Gasteiger charge is -2.15. The lowest BCUT2D eigenvalue weighted by Crippen LogP contribution is -2.42. The Hall–Kier alpha value is -3.21. The van der Waals surface area contributed by atoms with Crippen molar-refractivity contribution in [2.45, 2.75) is 26.9 Å². The Balaban J connectivity index is 2.51. The molecule has 25 heavy (non-hydrogen) atoms. The van der Waals surface area contributed by atoms with Gasteiger partial charge in [-0.15, -0.1) is 0 Å². The highest BCUT2D eigenvalue weighted by atomic mass is 16.5. The SMILES string of the molecule is CCOC(=O)/C(C#N)=C/NNC(=O)[C@@H](C)Oc1ccc(OCC)cc1. The van der Waals surface area contributed by atoms with Gasteiger partial charge in [0.1, 0.15) is 17.6 Å². The van der Waals surface area contributed by atoms with Gasteiger partial charge in [0.05, 0.1) is 13.2 Å². The van der Waals surface area contributed by atoms with Crippen LogP contribution in [-0.2, 0) is 14.3 Å². The zero-order chi connectivity index (χ0) is 18.7. The second-order valence-electron chi connectivity index (χ2n) is 4.69. The van der Waals surface area contributed by atoms with Crippen LogP contribution >= 0.6 is 0 Å². The minimum absolute atomic E-state index is 0.150. The highest BCUT2D eigenvalue weighted by molar-refractivity contribution is 5.92. The first-order chi connectivity index (χ1) is 12.0. The van der Waals surface area contributed by atoms with E-state index in [1.165, 1.54) is 0 Å². The number of amides is 1. The molecule has 1 aromatic rings. The van der Waals surface area contributed by atoms with Crippen molar-refractivity contribution in [3.63, 3.8) is 0 Å². The molecule has 8 nitrogen and oxygen atoms in total. The molecule has 2 N–H and O–H groups in total. The van der Waals surface area contributed by atoms with Gasteiger partial charge in [0.15, 0.2) is 11.7 Å². The smallest absolute Gasteiger partial charge is 0.350 e. The number of esters is 1. The summed E-state index contributed by atoms with van der Waals surface area (Å²) in [6.07, 6.45) is 0.256. The first-order valence-corrected chi connectivity index (χ1v) is 7.74. The molecule has 0 heterocycles. The normalized spacial score (nSPS) is 11.7. The van der Waals surface area contributed by atoms with Crippen LogP contribution in [0.2, 0.25) is 0 Å². The zero-order valence-corrected chi connectivity index (χ0v) is 14.4. The molecule has 0 radical (unpaired) electrons. The molecule has 0 aliphatic heterocycles. The van der Waals surface area contributed by atoms with Crippen molar-refractivity contribution < 1.29 is 23.8 Å². The summed E-state index contributed by atoms with van der Waals surface area (Å²) >= 11 is 0. The zero-order valence-electron chi connectivity index (χ0n) is 14.4.